The first-order valence-electron chi connectivity index (χ1n) is 12.8. The molecule has 0 rings (SSSR count). The molecule has 0 fully saturated rings. The van der Waals surface area contributed by atoms with Gasteiger partial charge in [0.05, 0.1) is 12.2 Å². The Balaban J connectivity index is 3.78. The van der Waals surface area contributed by atoms with Crippen molar-refractivity contribution in [3.05, 3.63) is 0 Å². The quantitative estimate of drug-likeness (QED) is 0.149. The summed E-state index contributed by atoms with van der Waals surface area (Å²) in [6, 6.07) is 2.13. The molecule has 0 aromatic heterocycles. The van der Waals surface area contributed by atoms with E-state index in [1.54, 1.807) is 0 Å². The molecule has 0 spiro atoms. The van der Waals surface area contributed by atoms with Gasteiger partial charge < -0.3 is 32.1 Å². The summed E-state index contributed by atoms with van der Waals surface area (Å²) in [5.41, 5.74) is 0. The number of ether oxygens (including phenoxy) is 2. The van der Waals surface area contributed by atoms with Crippen LogP contribution in [0, 0.1) is 0 Å². The van der Waals surface area contributed by atoms with E-state index in [4.69, 9.17) is 27.2 Å². The molecule has 0 aromatic carbocycles. The molecule has 32 heavy (non-hydrogen) atoms. The number of hydrogen-bond donors (Lipinski definition) is 0. The molecule has 0 saturated heterocycles. The summed E-state index contributed by atoms with van der Waals surface area (Å²) in [6.07, 6.45) is 4.79. The minimum Gasteiger partial charge on any atom is -0.397 e. The predicted molar refractivity (Wildman–Crippen MR) is 137 cm³/mol. The van der Waals surface area contributed by atoms with Crippen molar-refractivity contribution >= 4 is 18.6 Å². The van der Waals surface area contributed by atoms with Crippen molar-refractivity contribution in [3.8, 4) is 0 Å². The van der Waals surface area contributed by atoms with Crippen molar-refractivity contribution in [2.24, 2.45) is 0 Å². The zero-order valence-electron chi connectivity index (χ0n) is 22.1. The van der Waals surface area contributed by atoms with E-state index in [2.05, 4.69) is 25.8 Å². The Kier molecular flexibility index (Phi) is 23.0. The van der Waals surface area contributed by atoms with Gasteiger partial charge in [-0.3, -0.25) is 0 Å². The second-order valence-corrected chi connectivity index (χ2v) is 12.5. The van der Waals surface area contributed by atoms with Crippen molar-refractivity contribution in [2.75, 3.05) is 59.8 Å². The van der Waals surface area contributed by atoms with Gasteiger partial charge in [0.15, 0.2) is 0 Å². The molecule has 0 N–H and O–H groups in total. The van der Waals surface area contributed by atoms with Gasteiger partial charge in [-0.15, -0.1) is 0 Å². The Labute approximate surface area is 202 Å². The van der Waals surface area contributed by atoms with Gasteiger partial charge in [-0.05, 0) is 86.4 Å². The van der Waals surface area contributed by atoms with Gasteiger partial charge in [0.1, 0.15) is 0 Å². The monoisotopic (exact) mass is 495 g/mol. The first-order chi connectivity index (χ1) is 15.5. The fourth-order valence-electron chi connectivity index (χ4n) is 3.63. The zero-order chi connectivity index (χ0) is 24.0. The van der Waals surface area contributed by atoms with Crippen molar-refractivity contribution in [3.63, 3.8) is 0 Å². The molecule has 0 heterocycles. The van der Waals surface area contributed by atoms with Crippen molar-refractivity contribution in [1.82, 2.24) is 4.90 Å². The number of hydrogen-bond acceptors (Lipinski definition) is 7. The summed E-state index contributed by atoms with van der Waals surface area (Å²) >= 11 is 0. The van der Waals surface area contributed by atoms with Gasteiger partial charge in [0, 0.05) is 52.7 Å². The Morgan fingerprint density at radius 2 is 0.938 bits per heavy atom. The Morgan fingerprint density at radius 3 is 1.25 bits per heavy atom. The van der Waals surface area contributed by atoms with E-state index in [0.29, 0.717) is 0 Å². The highest BCUT2D eigenvalue weighted by atomic mass is 28.3. The topological polar surface area (TPSA) is 58.6 Å². The second-order valence-electron chi connectivity index (χ2n) is 8.26. The van der Waals surface area contributed by atoms with Crippen LogP contribution in [0.15, 0.2) is 0 Å². The molecule has 7 nitrogen and oxygen atoms in total. The predicted octanol–water partition coefficient (Wildman–Crippen LogP) is 3.88. The molecular weight excluding hydrogens is 442 g/mol. The van der Waals surface area contributed by atoms with Gasteiger partial charge in [-0.25, -0.2) is 0 Å². The van der Waals surface area contributed by atoms with Crippen LogP contribution >= 0.6 is 0 Å². The number of rotatable bonds is 24. The highest BCUT2D eigenvalue weighted by molar-refractivity contribution is 6.44. The van der Waals surface area contributed by atoms with Crippen LogP contribution in [0.4, 0.5) is 0 Å². The van der Waals surface area contributed by atoms with E-state index >= 15 is 0 Å². The van der Waals surface area contributed by atoms with Gasteiger partial charge in [0.2, 0.25) is 0 Å². The number of unbranched alkanes of at least 4 members (excludes halogenated alkanes) is 2. The normalized spacial score (nSPS) is 14.1. The maximum absolute atomic E-state index is 6.00. The first kappa shape index (κ1) is 32.2. The van der Waals surface area contributed by atoms with Gasteiger partial charge in [-0.2, -0.15) is 0 Å². The molecular formula is C23H53NO6Si2. The van der Waals surface area contributed by atoms with Crippen LogP contribution in [0.2, 0.25) is 12.1 Å². The third-order valence-corrected chi connectivity index (χ3v) is 9.60. The van der Waals surface area contributed by atoms with Gasteiger partial charge in [-0.1, -0.05) is 0 Å². The fourth-order valence-corrected chi connectivity index (χ4v) is 7.22. The molecule has 0 aliphatic rings. The molecule has 0 bridgehead atoms. The van der Waals surface area contributed by atoms with Crippen molar-refractivity contribution < 1.29 is 27.2 Å². The van der Waals surface area contributed by atoms with Crippen LogP contribution in [0.25, 0.3) is 0 Å². The molecule has 0 aliphatic heterocycles. The highest BCUT2D eigenvalue weighted by Crippen LogP contribution is 2.08. The largest absolute Gasteiger partial charge is 0.397 e. The maximum atomic E-state index is 6.00. The van der Waals surface area contributed by atoms with E-state index in [9.17, 15) is 0 Å². The molecule has 0 radical (unpaired) electrons. The SMILES string of the molecule is CCO[SiH](CCCCOC(C)CN(C)CC(C)OCCCC[SiH](OCC)OCC)OCC. The lowest BCUT2D eigenvalue weighted by Gasteiger charge is -2.25. The molecule has 9 heteroatoms. The van der Waals surface area contributed by atoms with Crippen LogP contribution in [0.5, 0.6) is 0 Å². The summed E-state index contributed by atoms with van der Waals surface area (Å²) in [5, 5.41) is 0. The Hall–Kier alpha value is 0.154. The van der Waals surface area contributed by atoms with Crippen LogP contribution in [-0.4, -0.2) is 95.5 Å². The lowest BCUT2D eigenvalue weighted by atomic mass is 10.3. The molecule has 0 saturated carbocycles. The summed E-state index contributed by atoms with van der Waals surface area (Å²) in [4.78, 5) is 2.30. The standard InChI is InChI=1S/C23H53NO6Si2/c1-8-27-31(28-9-2)18-14-12-16-25-22(5)20-24(7)21-23(6)26-17-13-15-19-32(29-10-3)30-11-4/h22-23,31-32H,8-21H2,1-7H3. The molecule has 0 aromatic rings. The van der Waals surface area contributed by atoms with E-state index in [1.807, 2.05) is 27.7 Å². The average molecular weight is 496 g/mol. The fraction of sp³-hybridized carbons (Fsp3) is 1.00. The smallest absolute Gasteiger partial charge is 0.321 e. The third kappa shape index (κ3) is 19.6. The first-order valence-corrected chi connectivity index (χ1v) is 16.4. The van der Waals surface area contributed by atoms with Gasteiger partial charge in [0.25, 0.3) is 0 Å². The molecule has 0 amide bonds. The Bertz CT molecular complexity index is 351. The maximum Gasteiger partial charge on any atom is 0.321 e. The lowest BCUT2D eigenvalue weighted by Crippen LogP contribution is -2.35. The lowest BCUT2D eigenvalue weighted by molar-refractivity contribution is 0.0122. The number of likely N-dealkylation sites (N-methyl/N-ethyl adjacent to an activating group) is 1. The van der Waals surface area contributed by atoms with Crippen molar-refractivity contribution in [1.29, 1.82) is 0 Å². The van der Waals surface area contributed by atoms with E-state index in [1.165, 1.54) is 0 Å². The van der Waals surface area contributed by atoms with Crippen LogP contribution in [-0.2, 0) is 27.2 Å². The summed E-state index contributed by atoms with van der Waals surface area (Å²) in [6.45, 7) is 18.9. The summed E-state index contributed by atoms with van der Waals surface area (Å²) in [7, 11) is -0.773. The van der Waals surface area contributed by atoms with Crippen molar-refractivity contribution in [2.45, 2.75) is 91.5 Å². The molecule has 194 valence electrons. The van der Waals surface area contributed by atoms with Crippen LogP contribution in [0.3, 0.4) is 0 Å². The van der Waals surface area contributed by atoms with E-state index in [-0.39, 0.29) is 12.2 Å². The van der Waals surface area contributed by atoms with Crippen LogP contribution < -0.4 is 0 Å². The number of nitrogens with zero attached hydrogens (tertiary/aromatic N) is 1. The highest BCUT2D eigenvalue weighted by Gasteiger charge is 2.14. The zero-order valence-corrected chi connectivity index (χ0v) is 24.4. The van der Waals surface area contributed by atoms with E-state index in [0.717, 1.165) is 90.5 Å². The average Bonchev–Trinajstić information content (AvgIpc) is 2.73. The second kappa shape index (κ2) is 22.9. The van der Waals surface area contributed by atoms with Gasteiger partial charge >= 0.3 is 18.6 Å². The minimum absolute atomic E-state index is 0.220. The minimum atomic E-state index is -1.46. The molecule has 0 aliphatic carbocycles. The van der Waals surface area contributed by atoms with E-state index < -0.39 is 18.6 Å². The molecule has 2 unspecified atom stereocenters. The summed E-state index contributed by atoms with van der Waals surface area (Å²) in [5.74, 6) is 0. The third-order valence-electron chi connectivity index (χ3n) is 5.02. The Morgan fingerprint density at radius 1 is 0.594 bits per heavy atom. The van der Waals surface area contributed by atoms with Crippen LogP contribution in [0.1, 0.15) is 67.2 Å². The molecule has 2 atom stereocenters. The summed E-state index contributed by atoms with van der Waals surface area (Å²) < 4.78 is 34.9.